The zero-order valence-electron chi connectivity index (χ0n) is 14.9. The van der Waals surface area contributed by atoms with Crippen LogP contribution in [-0.4, -0.2) is 47.5 Å². The molecule has 3 amide bonds. The first kappa shape index (κ1) is 17.9. The highest BCUT2D eigenvalue weighted by molar-refractivity contribution is 7.18. The number of carbonyl (C=O) groups excluding carboxylic acids is 3. The van der Waals surface area contributed by atoms with E-state index in [0.717, 1.165) is 45.8 Å². The number of hydrogen-bond donors (Lipinski definition) is 1. The van der Waals surface area contributed by atoms with Crippen molar-refractivity contribution in [3.8, 4) is 0 Å². The van der Waals surface area contributed by atoms with Crippen molar-refractivity contribution in [1.82, 2.24) is 15.2 Å². The molecule has 1 aliphatic heterocycles. The maximum atomic E-state index is 12.9. The van der Waals surface area contributed by atoms with Crippen LogP contribution in [0.1, 0.15) is 30.7 Å². The van der Waals surface area contributed by atoms with Gasteiger partial charge in [0, 0.05) is 19.5 Å². The van der Waals surface area contributed by atoms with Gasteiger partial charge < -0.3 is 10.1 Å². The summed E-state index contributed by atoms with van der Waals surface area (Å²) in [7, 11) is 0. The Bertz CT molecular complexity index is 855. The number of benzene rings is 1. The van der Waals surface area contributed by atoms with Crippen LogP contribution in [0.5, 0.6) is 0 Å². The fourth-order valence-electron chi connectivity index (χ4n) is 3.86. The standard InChI is InChI=1S/C19H21N3O4S/c23-16(22-10-9-20-18(22)25)12-26-17(24)19(7-3-4-8-19)11-15-21-13-5-1-2-6-14(13)27-15/h1-2,5-6H,3-4,7-12H2,(H,20,25). The number of carbonyl (C=O) groups is 3. The Balaban J connectivity index is 1.45. The van der Waals surface area contributed by atoms with Gasteiger partial charge in [0.15, 0.2) is 6.61 Å². The number of esters is 1. The van der Waals surface area contributed by atoms with E-state index in [4.69, 9.17) is 4.74 Å². The topological polar surface area (TPSA) is 88.6 Å². The molecule has 0 bridgehead atoms. The molecule has 0 radical (unpaired) electrons. The fourth-order valence-corrected chi connectivity index (χ4v) is 4.97. The van der Waals surface area contributed by atoms with Crippen LogP contribution in [-0.2, 0) is 20.7 Å². The SMILES string of the molecule is O=C(COC(=O)C1(Cc2nc3ccccc3s2)CCCC1)N1CCNC1=O. The lowest BCUT2D eigenvalue weighted by Crippen LogP contribution is -2.39. The number of para-hydroxylation sites is 1. The second-order valence-electron chi connectivity index (χ2n) is 7.09. The maximum absolute atomic E-state index is 12.9. The summed E-state index contributed by atoms with van der Waals surface area (Å²) in [6.07, 6.45) is 3.93. The molecule has 1 aromatic heterocycles. The first-order valence-corrected chi connectivity index (χ1v) is 9.99. The van der Waals surface area contributed by atoms with E-state index in [1.807, 2.05) is 24.3 Å². The van der Waals surface area contributed by atoms with Crippen molar-refractivity contribution in [3.63, 3.8) is 0 Å². The number of hydrogen-bond acceptors (Lipinski definition) is 6. The third kappa shape index (κ3) is 3.53. The number of nitrogens with one attached hydrogen (secondary N) is 1. The predicted octanol–water partition coefficient (Wildman–Crippen LogP) is 2.49. The monoisotopic (exact) mass is 387 g/mol. The Labute approximate surface area is 160 Å². The Morgan fingerprint density at radius 1 is 1.26 bits per heavy atom. The second kappa shape index (κ2) is 7.26. The Hall–Kier alpha value is -2.48. The molecular weight excluding hydrogens is 366 g/mol. The number of urea groups is 1. The zero-order chi connectivity index (χ0) is 18.9. The molecule has 2 heterocycles. The second-order valence-corrected chi connectivity index (χ2v) is 8.21. The molecule has 0 unspecified atom stereocenters. The van der Waals surface area contributed by atoms with Gasteiger partial charge in [-0.1, -0.05) is 25.0 Å². The number of rotatable bonds is 5. The van der Waals surface area contributed by atoms with Gasteiger partial charge in [0.25, 0.3) is 5.91 Å². The van der Waals surface area contributed by atoms with Crippen LogP contribution in [0.4, 0.5) is 4.79 Å². The largest absolute Gasteiger partial charge is 0.455 e. The van der Waals surface area contributed by atoms with E-state index in [-0.39, 0.29) is 5.97 Å². The van der Waals surface area contributed by atoms with Crippen molar-refractivity contribution in [2.24, 2.45) is 5.41 Å². The molecule has 0 atom stereocenters. The average Bonchev–Trinajstić information content (AvgIpc) is 3.39. The van der Waals surface area contributed by atoms with E-state index < -0.39 is 24.0 Å². The van der Waals surface area contributed by atoms with Gasteiger partial charge in [-0.15, -0.1) is 11.3 Å². The fraction of sp³-hybridized carbons (Fsp3) is 0.474. The van der Waals surface area contributed by atoms with Gasteiger partial charge in [-0.25, -0.2) is 9.78 Å². The number of fused-ring (bicyclic) bond motifs is 1. The molecule has 2 aromatic rings. The van der Waals surface area contributed by atoms with Crippen molar-refractivity contribution < 1.29 is 19.1 Å². The van der Waals surface area contributed by atoms with Crippen molar-refractivity contribution in [1.29, 1.82) is 0 Å². The molecule has 1 saturated carbocycles. The predicted molar refractivity (Wildman–Crippen MR) is 100 cm³/mol. The summed E-state index contributed by atoms with van der Waals surface area (Å²) < 4.78 is 6.47. The maximum Gasteiger partial charge on any atom is 0.324 e. The van der Waals surface area contributed by atoms with Crippen molar-refractivity contribution in [2.75, 3.05) is 19.7 Å². The molecule has 2 fully saturated rings. The van der Waals surface area contributed by atoms with Gasteiger partial charge >= 0.3 is 12.0 Å². The highest BCUT2D eigenvalue weighted by atomic mass is 32.1. The van der Waals surface area contributed by atoms with E-state index in [9.17, 15) is 14.4 Å². The van der Waals surface area contributed by atoms with Gasteiger partial charge in [-0.2, -0.15) is 0 Å². The first-order chi connectivity index (χ1) is 13.1. The Morgan fingerprint density at radius 2 is 2.04 bits per heavy atom. The Morgan fingerprint density at radius 3 is 2.74 bits per heavy atom. The van der Waals surface area contributed by atoms with Gasteiger partial charge in [0.1, 0.15) is 0 Å². The van der Waals surface area contributed by atoms with Crippen molar-refractivity contribution >= 4 is 39.5 Å². The molecule has 2 aliphatic rings. The van der Waals surface area contributed by atoms with Crippen LogP contribution >= 0.6 is 11.3 Å². The Kier molecular flexibility index (Phi) is 4.82. The van der Waals surface area contributed by atoms with Gasteiger partial charge in [-0.05, 0) is 25.0 Å². The first-order valence-electron chi connectivity index (χ1n) is 9.17. The van der Waals surface area contributed by atoms with Gasteiger partial charge in [0.2, 0.25) is 0 Å². The zero-order valence-corrected chi connectivity index (χ0v) is 15.7. The molecule has 1 saturated heterocycles. The molecule has 1 aliphatic carbocycles. The minimum absolute atomic E-state index is 0.312. The van der Waals surface area contributed by atoms with Crippen molar-refractivity contribution in [2.45, 2.75) is 32.1 Å². The number of amides is 3. The molecular formula is C19H21N3O4S. The summed E-state index contributed by atoms with van der Waals surface area (Å²) in [5, 5.41) is 3.48. The molecule has 1 aromatic carbocycles. The number of thiazole rings is 1. The van der Waals surface area contributed by atoms with Crippen LogP contribution in [0.15, 0.2) is 24.3 Å². The highest BCUT2D eigenvalue weighted by Crippen LogP contribution is 2.43. The number of nitrogens with zero attached hydrogens (tertiary/aromatic N) is 2. The minimum Gasteiger partial charge on any atom is -0.455 e. The van der Waals surface area contributed by atoms with Crippen LogP contribution in [0.3, 0.4) is 0 Å². The molecule has 1 N–H and O–H groups in total. The summed E-state index contributed by atoms with van der Waals surface area (Å²) >= 11 is 1.60. The van der Waals surface area contributed by atoms with E-state index in [1.165, 1.54) is 0 Å². The molecule has 142 valence electrons. The third-order valence-electron chi connectivity index (χ3n) is 5.31. The van der Waals surface area contributed by atoms with Crippen molar-refractivity contribution in [3.05, 3.63) is 29.3 Å². The molecule has 0 spiro atoms. The summed E-state index contributed by atoms with van der Waals surface area (Å²) in [5.41, 5.74) is 0.316. The minimum atomic E-state index is -0.624. The van der Waals surface area contributed by atoms with Crippen LogP contribution in [0.25, 0.3) is 10.2 Å². The van der Waals surface area contributed by atoms with Gasteiger partial charge in [0.05, 0.1) is 20.6 Å². The van der Waals surface area contributed by atoms with E-state index in [1.54, 1.807) is 11.3 Å². The lowest BCUT2D eigenvalue weighted by molar-refractivity contribution is -0.160. The lowest BCUT2D eigenvalue weighted by Gasteiger charge is -2.25. The van der Waals surface area contributed by atoms with E-state index in [0.29, 0.717) is 19.5 Å². The molecule has 27 heavy (non-hydrogen) atoms. The summed E-state index contributed by atoms with van der Waals surface area (Å²) in [6.45, 7) is 0.347. The van der Waals surface area contributed by atoms with Crippen LogP contribution < -0.4 is 5.32 Å². The number of ether oxygens (including phenoxy) is 1. The van der Waals surface area contributed by atoms with Crippen LogP contribution in [0.2, 0.25) is 0 Å². The smallest absolute Gasteiger partial charge is 0.324 e. The quantitative estimate of drug-likeness (QED) is 0.797. The molecule has 7 nitrogen and oxygen atoms in total. The molecule has 4 rings (SSSR count). The van der Waals surface area contributed by atoms with Crippen LogP contribution in [0, 0.1) is 5.41 Å². The third-order valence-corrected chi connectivity index (χ3v) is 6.34. The number of aromatic nitrogens is 1. The van der Waals surface area contributed by atoms with E-state index >= 15 is 0 Å². The average molecular weight is 387 g/mol. The highest BCUT2D eigenvalue weighted by Gasteiger charge is 2.44. The van der Waals surface area contributed by atoms with E-state index in [2.05, 4.69) is 10.3 Å². The molecule has 8 heteroatoms. The van der Waals surface area contributed by atoms with Gasteiger partial charge in [-0.3, -0.25) is 14.5 Å². The summed E-state index contributed by atoms with van der Waals surface area (Å²) in [6, 6.07) is 7.49. The summed E-state index contributed by atoms with van der Waals surface area (Å²) in [4.78, 5) is 42.3. The normalized spacial score (nSPS) is 18.7. The number of imide groups is 1. The lowest BCUT2D eigenvalue weighted by atomic mass is 9.83. The summed E-state index contributed by atoms with van der Waals surface area (Å²) in [5.74, 6) is -0.835.